The van der Waals surface area contributed by atoms with Crippen LogP contribution in [0.25, 0.3) is 0 Å². The zero-order valence-corrected chi connectivity index (χ0v) is 10.6. The van der Waals surface area contributed by atoms with Crippen molar-refractivity contribution in [3.63, 3.8) is 0 Å². The van der Waals surface area contributed by atoms with Crippen LogP contribution in [0.3, 0.4) is 0 Å². The molecule has 1 unspecified atom stereocenters. The van der Waals surface area contributed by atoms with Crippen molar-refractivity contribution in [2.75, 3.05) is 14.2 Å². The van der Waals surface area contributed by atoms with Gasteiger partial charge in [0.1, 0.15) is 22.1 Å². The fraction of sp³-hybridized carbons (Fsp3) is 0.500. The summed E-state index contributed by atoms with van der Waals surface area (Å²) in [6.07, 6.45) is 1.79. The van der Waals surface area contributed by atoms with Crippen molar-refractivity contribution in [3.05, 3.63) is 21.5 Å². The minimum Gasteiger partial charge on any atom is -0.499 e. The van der Waals surface area contributed by atoms with E-state index in [0.717, 1.165) is 0 Å². The van der Waals surface area contributed by atoms with Gasteiger partial charge in [-0.15, -0.1) is 0 Å². The van der Waals surface area contributed by atoms with E-state index < -0.39 is 5.60 Å². The Morgan fingerprint density at radius 2 is 2.06 bits per heavy atom. The molecule has 0 aromatic heterocycles. The van der Waals surface area contributed by atoms with Gasteiger partial charge in [0.05, 0.1) is 12.1 Å². The normalized spacial score (nSPS) is 25.6. The van der Waals surface area contributed by atoms with Crippen LogP contribution < -0.4 is 0 Å². The summed E-state index contributed by atoms with van der Waals surface area (Å²) in [4.78, 5) is 13.8. The van der Waals surface area contributed by atoms with Crippen LogP contribution >= 0.6 is 23.2 Å². The smallest absolute Gasteiger partial charge is 0.240 e. The maximum Gasteiger partial charge on any atom is 0.240 e. The molecule has 0 heterocycles. The van der Waals surface area contributed by atoms with E-state index in [1.54, 1.807) is 6.92 Å². The molecule has 16 heavy (non-hydrogen) atoms. The van der Waals surface area contributed by atoms with E-state index in [9.17, 15) is 4.79 Å². The second kappa shape index (κ2) is 5.02. The molecule has 0 aromatic carbocycles. The summed E-state index contributed by atoms with van der Waals surface area (Å²) < 4.78 is 10.4. The predicted octanol–water partition coefficient (Wildman–Crippen LogP) is 2.68. The molecule has 1 atom stereocenters. The number of ether oxygens (including phenoxy) is 2. The van der Waals surface area contributed by atoms with Crippen molar-refractivity contribution in [1.82, 2.24) is 0 Å². The lowest BCUT2D eigenvalue weighted by atomic mass is 9.94. The Kier molecular flexibility index (Phi) is 4.16. The van der Waals surface area contributed by atoms with Crippen molar-refractivity contribution in [1.29, 1.82) is 0 Å². The number of halogens is 2. The largest absolute Gasteiger partial charge is 0.499 e. The van der Waals surface area contributed by atoms with Crippen LogP contribution in [0.2, 0.25) is 0 Å². The average Bonchev–Trinajstić information content (AvgIpc) is 2.29. The van der Waals surface area contributed by atoms with Gasteiger partial charge in [0, 0.05) is 13.5 Å². The van der Waals surface area contributed by atoms with Gasteiger partial charge in [0.25, 0.3) is 0 Å². The molecular formula is C10H11Cl2NO3. The molecule has 1 aliphatic carbocycles. The number of isocyanates is 1. The number of hydrogen-bond acceptors (Lipinski definition) is 4. The van der Waals surface area contributed by atoms with Gasteiger partial charge in [-0.25, -0.2) is 4.79 Å². The van der Waals surface area contributed by atoms with E-state index >= 15 is 0 Å². The summed E-state index contributed by atoms with van der Waals surface area (Å²) in [5.41, 5.74) is -0.646. The minimum atomic E-state index is -0.791. The highest BCUT2D eigenvalue weighted by atomic mass is 35.5. The van der Waals surface area contributed by atoms with Gasteiger partial charge in [0.15, 0.2) is 0 Å². The third kappa shape index (κ3) is 2.15. The first-order valence-corrected chi connectivity index (χ1v) is 5.22. The van der Waals surface area contributed by atoms with Gasteiger partial charge in [-0.3, -0.25) is 0 Å². The number of rotatable bonds is 3. The van der Waals surface area contributed by atoms with Gasteiger partial charge in [-0.1, -0.05) is 23.2 Å². The lowest BCUT2D eigenvalue weighted by Gasteiger charge is -2.32. The number of methoxy groups -OCH3 is 2. The van der Waals surface area contributed by atoms with Crippen LogP contribution in [0.15, 0.2) is 26.5 Å². The Bertz CT molecular complexity index is 410. The third-order valence-electron chi connectivity index (χ3n) is 2.48. The molecule has 1 rings (SSSR count). The lowest BCUT2D eigenvalue weighted by Crippen LogP contribution is -2.32. The number of nitrogens with zero attached hydrogens (tertiary/aromatic N) is 1. The maximum absolute atomic E-state index is 10.3. The molecule has 0 aromatic rings. The van der Waals surface area contributed by atoms with E-state index in [1.165, 1.54) is 20.3 Å². The molecule has 0 aliphatic heterocycles. The molecule has 4 nitrogen and oxygen atoms in total. The first-order chi connectivity index (χ1) is 7.50. The van der Waals surface area contributed by atoms with Gasteiger partial charge in [0.2, 0.25) is 6.08 Å². The molecule has 0 N–H and O–H groups in total. The van der Waals surface area contributed by atoms with Crippen LogP contribution in [0.4, 0.5) is 0 Å². The standard InChI is InChI=1S/C10H11Cl2NO3/c1-10(16-3)4-6(15-2)7(11)8(9(10)12)13-5-14/h4H2,1-3H3. The topological polar surface area (TPSA) is 47.9 Å². The minimum absolute atomic E-state index is 0.144. The third-order valence-corrected chi connectivity index (χ3v) is 3.45. The number of allylic oxidation sites excluding steroid dienone is 1. The van der Waals surface area contributed by atoms with Gasteiger partial charge in [-0.2, -0.15) is 4.99 Å². The van der Waals surface area contributed by atoms with Crippen molar-refractivity contribution in [3.8, 4) is 0 Å². The molecule has 88 valence electrons. The Morgan fingerprint density at radius 1 is 1.44 bits per heavy atom. The summed E-state index contributed by atoms with van der Waals surface area (Å²) in [6.45, 7) is 1.76. The second-order valence-electron chi connectivity index (χ2n) is 3.42. The fourth-order valence-corrected chi connectivity index (χ4v) is 2.02. The molecule has 0 fully saturated rings. The molecule has 0 radical (unpaired) electrons. The number of hydrogen-bond donors (Lipinski definition) is 0. The van der Waals surface area contributed by atoms with Crippen LogP contribution in [-0.2, 0) is 14.3 Å². The molecule has 0 amide bonds. The summed E-state index contributed by atoms with van der Waals surface area (Å²) in [7, 11) is 2.99. The Balaban J connectivity index is 3.38. The van der Waals surface area contributed by atoms with Crippen molar-refractivity contribution < 1.29 is 14.3 Å². The molecule has 6 heteroatoms. The Hall–Kier alpha value is -0.800. The summed E-state index contributed by atoms with van der Waals surface area (Å²) >= 11 is 12.1. The average molecular weight is 264 g/mol. The quantitative estimate of drug-likeness (QED) is 0.581. The van der Waals surface area contributed by atoms with Gasteiger partial charge >= 0.3 is 0 Å². The maximum atomic E-state index is 10.3. The first kappa shape index (κ1) is 13.3. The molecule has 0 bridgehead atoms. The zero-order chi connectivity index (χ0) is 12.3. The monoisotopic (exact) mass is 263 g/mol. The van der Waals surface area contributed by atoms with E-state index in [4.69, 9.17) is 32.7 Å². The van der Waals surface area contributed by atoms with Crippen LogP contribution in [0, 0.1) is 0 Å². The van der Waals surface area contributed by atoms with Crippen molar-refractivity contribution in [2.45, 2.75) is 18.9 Å². The second-order valence-corrected chi connectivity index (χ2v) is 4.17. The summed E-state index contributed by atoms with van der Waals surface area (Å²) in [5.74, 6) is 0.476. The number of carbonyl (C=O) groups excluding carboxylic acids is 1. The SMILES string of the molecule is COC1=C(Cl)C(N=C=O)=C(Cl)C(C)(OC)C1. The zero-order valence-electron chi connectivity index (χ0n) is 9.13. The Labute approximate surface area is 104 Å². The Morgan fingerprint density at radius 3 is 2.50 bits per heavy atom. The van der Waals surface area contributed by atoms with Gasteiger partial charge in [-0.05, 0) is 6.92 Å². The highest BCUT2D eigenvalue weighted by molar-refractivity contribution is 6.36. The molecule has 1 aliphatic rings. The summed E-state index contributed by atoms with van der Waals surface area (Å²) in [5, 5.41) is 0.481. The van der Waals surface area contributed by atoms with Gasteiger partial charge < -0.3 is 9.47 Å². The van der Waals surface area contributed by atoms with Crippen molar-refractivity contribution >= 4 is 29.3 Å². The molecule has 0 saturated carbocycles. The van der Waals surface area contributed by atoms with Crippen LogP contribution in [-0.4, -0.2) is 25.9 Å². The number of aliphatic imine (C=N–C) groups is 1. The fourth-order valence-electron chi connectivity index (χ4n) is 1.41. The van der Waals surface area contributed by atoms with Crippen molar-refractivity contribution in [2.24, 2.45) is 4.99 Å². The molecular weight excluding hydrogens is 253 g/mol. The molecule has 0 saturated heterocycles. The van der Waals surface area contributed by atoms with E-state index in [0.29, 0.717) is 12.2 Å². The lowest BCUT2D eigenvalue weighted by molar-refractivity contribution is 0.0303. The summed E-state index contributed by atoms with van der Waals surface area (Å²) in [6, 6.07) is 0. The highest BCUT2D eigenvalue weighted by Crippen LogP contribution is 2.43. The molecule has 0 spiro atoms. The van der Waals surface area contributed by atoms with Crippen LogP contribution in [0.5, 0.6) is 0 Å². The van der Waals surface area contributed by atoms with E-state index in [1.807, 2.05) is 0 Å². The van der Waals surface area contributed by atoms with E-state index in [-0.39, 0.29) is 15.8 Å². The first-order valence-electron chi connectivity index (χ1n) is 4.46. The van der Waals surface area contributed by atoms with Crippen LogP contribution in [0.1, 0.15) is 13.3 Å². The van der Waals surface area contributed by atoms with E-state index in [2.05, 4.69) is 4.99 Å². The predicted molar refractivity (Wildman–Crippen MR) is 60.9 cm³/mol. The highest BCUT2D eigenvalue weighted by Gasteiger charge is 2.38.